The van der Waals surface area contributed by atoms with Gasteiger partial charge in [-0.15, -0.1) is 5.10 Å². The average Bonchev–Trinajstić information content (AvgIpc) is 3.54. The minimum absolute atomic E-state index is 0.0325. The van der Waals surface area contributed by atoms with Crippen LogP contribution in [-0.4, -0.2) is 50.2 Å². The maximum Gasteiger partial charge on any atom is 0.293 e. The van der Waals surface area contributed by atoms with Crippen molar-refractivity contribution in [2.75, 3.05) is 14.2 Å². The number of nitro groups is 1. The Kier molecular flexibility index (Phi) is 7.46. The Hall–Kier alpha value is -5.17. The van der Waals surface area contributed by atoms with Gasteiger partial charge in [-0.3, -0.25) is 24.6 Å². The molecule has 0 aliphatic carbocycles. The quantitative estimate of drug-likeness (QED) is 0.152. The van der Waals surface area contributed by atoms with E-state index in [1.165, 1.54) is 31.4 Å². The molecule has 0 N–H and O–H groups in total. The second-order valence-corrected chi connectivity index (χ2v) is 9.38. The van der Waals surface area contributed by atoms with Crippen LogP contribution in [0, 0.1) is 10.1 Å². The van der Waals surface area contributed by atoms with Gasteiger partial charge in [-0.1, -0.05) is 11.3 Å². The molecule has 0 bridgehead atoms. The van der Waals surface area contributed by atoms with Crippen LogP contribution in [0.25, 0.3) is 11.8 Å². The summed E-state index contributed by atoms with van der Waals surface area (Å²) in [4.78, 5) is 37.5. The Morgan fingerprint density at radius 2 is 1.68 bits per heavy atom. The summed E-state index contributed by atoms with van der Waals surface area (Å²) in [6.45, 7) is -0.0325. The molecule has 202 valence electrons. The zero-order chi connectivity index (χ0) is 28.2. The van der Waals surface area contributed by atoms with Crippen LogP contribution in [0.5, 0.6) is 23.0 Å². The maximum atomic E-state index is 13.1. The number of amides is 2. The van der Waals surface area contributed by atoms with E-state index in [0.717, 1.165) is 22.3 Å². The Balaban J connectivity index is 1.31. The topological polar surface area (TPSA) is 139 Å². The largest absolute Gasteiger partial charge is 0.497 e. The number of methoxy groups -OCH3 is 2. The number of ether oxygens (including phenoxy) is 3. The molecule has 2 heterocycles. The van der Waals surface area contributed by atoms with E-state index in [4.69, 9.17) is 14.2 Å². The molecule has 1 aliphatic rings. The smallest absolute Gasteiger partial charge is 0.293 e. The van der Waals surface area contributed by atoms with Crippen molar-refractivity contribution >= 4 is 34.7 Å². The fraction of sp³-hybridized carbons (Fsp3) is 0.111. The van der Waals surface area contributed by atoms with Gasteiger partial charge in [0.05, 0.1) is 42.5 Å². The fourth-order valence-electron chi connectivity index (χ4n) is 3.81. The van der Waals surface area contributed by atoms with Crippen molar-refractivity contribution in [3.8, 4) is 28.7 Å². The predicted octanol–water partition coefficient (Wildman–Crippen LogP) is 5.22. The lowest BCUT2D eigenvalue weighted by Gasteiger charge is -2.11. The summed E-state index contributed by atoms with van der Waals surface area (Å²) in [6, 6.07) is 17.8. The summed E-state index contributed by atoms with van der Waals surface area (Å²) in [5, 5.41) is 18.7. The van der Waals surface area contributed by atoms with Gasteiger partial charge in [0.15, 0.2) is 11.5 Å². The predicted molar refractivity (Wildman–Crippen MR) is 146 cm³/mol. The Morgan fingerprint density at radius 3 is 2.35 bits per heavy atom. The van der Waals surface area contributed by atoms with Gasteiger partial charge in [-0.2, -0.15) is 0 Å². The molecule has 2 amide bonds. The molecule has 0 saturated carbocycles. The molecule has 1 saturated heterocycles. The lowest BCUT2D eigenvalue weighted by molar-refractivity contribution is -0.384. The number of nitrogens with zero attached hydrogens (tertiary/aromatic N) is 5. The standard InChI is InChI=1S/C27H21N5O7S/c1-37-21-8-4-19(5-9-21)31-16-18(28-29-31)15-30-26(33)25(40-27(30)34)14-17-3-12-23(38-2)24(13-17)39-22-10-6-20(7-11-22)32(35)36/h3-14,16H,15H2,1-2H3/b25-14-. The molecule has 1 fully saturated rings. The highest BCUT2D eigenvalue weighted by molar-refractivity contribution is 8.18. The Bertz CT molecular complexity index is 1620. The molecule has 1 aliphatic heterocycles. The number of nitro benzene ring substituents is 1. The van der Waals surface area contributed by atoms with Crippen molar-refractivity contribution in [2.24, 2.45) is 0 Å². The molecule has 12 nitrogen and oxygen atoms in total. The van der Waals surface area contributed by atoms with Crippen molar-refractivity contribution in [1.82, 2.24) is 19.9 Å². The van der Waals surface area contributed by atoms with Crippen LogP contribution in [0.3, 0.4) is 0 Å². The summed E-state index contributed by atoms with van der Waals surface area (Å²) >= 11 is 0.821. The van der Waals surface area contributed by atoms with E-state index in [9.17, 15) is 19.7 Å². The van der Waals surface area contributed by atoms with E-state index in [1.54, 1.807) is 54.4 Å². The van der Waals surface area contributed by atoms with Gasteiger partial charge in [0.1, 0.15) is 17.2 Å². The van der Waals surface area contributed by atoms with E-state index < -0.39 is 16.1 Å². The van der Waals surface area contributed by atoms with E-state index >= 15 is 0 Å². The number of aromatic nitrogens is 3. The number of benzene rings is 3. The first-order valence-corrected chi connectivity index (χ1v) is 12.6. The van der Waals surface area contributed by atoms with Crippen molar-refractivity contribution in [3.05, 3.63) is 99.2 Å². The number of hydrogen-bond donors (Lipinski definition) is 0. The molecular weight excluding hydrogens is 538 g/mol. The minimum Gasteiger partial charge on any atom is -0.497 e. The van der Waals surface area contributed by atoms with Crippen LogP contribution in [0.4, 0.5) is 10.5 Å². The van der Waals surface area contributed by atoms with E-state index in [-0.39, 0.29) is 17.1 Å². The molecule has 4 aromatic rings. The summed E-state index contributed by atoms with van der Waals surface area (Å²) in [5.74, 6) is 1.37. The normalized spacial score (nSPS) is 14.1. The van der Waals surface area contributed by atoms with Crippen LogP contribution >= 0.6 is 11.8 Å². The highest BCUT2D eigenvalue weighted by Gasteiger charge is 2.35. The first-order chi connectivity index (χ1) is 19.3. The van der Waals surface area contributed by atoms with E-state index in [2.05, 4.69) is 10.3 Å². The molecule has 40 heavy (non-hydrogen) atoms. The Morgan fingerprint density at radius 1 is 0.950 bits per heavy atom. The SMILES string of the molecule is COc1ccc(-n2cc(CN3C(=O)S/C(=C\c4ccc(OC)c(Oc5ccc([N+](=O)[O-])cc5)c4)C3=O)nn2)cc1. The number of carbonyl (C=O) groups excluding carboxylic acids is 2. The lowest BCUT2D eigenvalue weighted by Crippen LogP contribution is -2.27. The van der Waals surface area contributed by atoms with Crippen molar-refractivity contribution < 1.29 is 28.7 Å². The first kappa shape index (κ1) is 26.4. The van der Waals surface area contributed by atoms with Gasteiger partial charge in [-0.25, -0.2) is 4.68 Å². The zero-order valence-corrected chi connectivity index (χ0v) is 22.0. The molecule has 0 spiro atoms. The van der Waals surface area contributed by atoms with Crippen LogP contribution in [0.1, 0.15) is 11.3 Å². The fourth-order valence-corrected chi connectivity index (χ4v) is 4.65. The van der Waals surface area contributed by atoms with E-state index in [0.29, 0.717) is 34.3 Å². The number of hydrogen-bond acceptors (Lipinski definition) is 10. The third kappa shape index (κ3) is 5.63. The molecule has 13 heteroatoms. The monoisotopic (exact) mass is 559 g/mol. The van der Waals surface area contributed by atoms with Crippen molar-refractivity contribution in [2.45, 2.75) is 6.54 Å². The van der Waals surface area contributed by atoms with Gasteiger partial charge in [0.25, 0.3) is 16.8 Å². The first-order valence-electron chi connectivity index (χ1n) is 11.8. The highest BCUT2D eigenvalue weighted by Crippen LogP contribution is 2.37. The number of non-ortho nitro benzene ring substituents is 1. The number of thioether (sulfide) groups is 1. The number of carbonyl (C=O) groups is 2. The van der Waals surface area contributed by atoms with Crippen LogP contribution in [0.2, 0.25) is 0 Å². The van der Waals surface area contributed by atoms with Gasteiger partial charge in [-0.05, 0) is 71.9 Å². The maximum absolute atomic E-state index is 13.1. The van der Waals surface area contributed by atoms with Gasteiger partial charge in [0.2, 0.25) is 0 Å². The molecule has 5 rings (SSSR count). The van der Waals surface area contributed by atoms with Crippen LogP contribution < -0.4 is 14.2 Å². The van der Waals surface area contributed by atoms with Gasteiger partial charge in [0, 0.05) is 12.1 Å². The third-order valence-electron chi connectivity index (χ3n) is 5.83. The van der Waals surface area contributed by atoms with Crippen LogP contribution in [-0.2, 0) is 11.3 Å². The summed E-state index contributed by atoms with van der Waals surface area (Å²) in [7, 11) is 3.06. The number of imide groups is 1. The summed E-state index contributed by atoms with van der Waals surface area (Å²) in [6.07, 6.45) is 3.24. The zero-order valence-electron chi connectivity index (χ0n) is 21.2. The lowest BCUT2D eigenvalue weighted by atomic mass is 10.1. The van der Waals surface area contributed by atoms with Gasteiger partial charge >= 0.3 is 0 Å². The summed E-state index contributed by atoms with van der Waals surface area (Å²) in [5.41, 5.74) is 1.73. The van der Waals surface area contributed by atoms with Gasteiger partial charge < -0.3 is 14.2 Å². The molecule has 0 atom stereocenters. The minimum atomic E-state index is -0.499. The third-order valence-corrected chi connectivity index (χ3v) is 6.74. The number of rotatable bonds is 9. The second-order valence-electron chi connectivity index (χ2n) is 8.38. The molecular formula is C27H21N5O7S. The summed E-state index contributed by atoms with van der Waals surface area (Å²) < 4.78 is 17.9. The van der Waals surface area contributed by atoms with Crippen LogP contribution in [0.15, 0.2) is 77.8 Å². The molecule has 1 aromatic heterocycles. The Labute approximate surface area is 231 Å². The van der Waals surface area contributed by atoms with Crippen molar-refractivity contribution in [3.63, 3.8) is 0 Å². The molecule has 0 radical (unpaired) electrons. The molecule has 3 aromatic carbocycles. The van der Waals surface area contributed by atoms with Crippen molar-refractivity contribution in [1.29, 1.82) is 0 Å². The average molecular weight is 560 g/mol. The molecule has 0 unspecified atom stereocenters. The second kappa shape index (κ2) is 11.3. The highest BCUT2D eigenvalue weighted by atomic mass is 32.2. The van der Waals surface area contributed by atoms with E-state index in [1.807, 2.05) is 12.1 Å².